The van der Waals surface area contributed by atoms with Gasteiger partial charge in [0.15, 0.2) is 6.29 Å². The van der Waals surface area contributed by atoms with Crippen LogP contribution in [0.4, 0.5) is 0 Å². The van der Waals surface area contributed by atoms with Crippen LogP contribution in [-0.2, 0) is 4.84 Å². The quantitative estimate of drug-likeness (QED) is 0.571. The Morgan fingerprint density at radius 1 is 1.33 bits per heavy atom. The molecule has 0 radical (unpaired) electrons. The average molecular weight is 251 g/mol. The number of ether oxygens (including phenoxy) is 1. The lowest BCUT2D eigenvalue weighted by Crippen LogP contribution is -2.27. The van der Waals surface area contributed by atoms with E-state index in [0.717, 1.165) is 0 Å². The molecule has 0 heterocycles. The molecule has 0 spiro atoms. The van der Waals surface area contributed by atoms with E-state index < -0.39 is 5.97 Å². The molecule has 0 amide bonds. The van der Waals surface area contributed by atoms with E-state index in [4.69, 9.17) is 9.57 Å². The van der Waals surface area contributed by atoms with Crippen molar-refractivity contribution in [2.75, 3.05) is 20.2 Å². The molecule has 1 aromatic carbocycles. The van der Waals surface area contributed by atoms with Crippen molar-refractivity contribution in [3.63, 3.8) is 0 Å². The van der Waals surface area contributed by atoms with Crippen molar-refractivity contribution in [3.8, 4) is 5.75 Å². The Labute approximate surface area is 106 Å². The fourth-order valence-corrected chi connectivity index (χ4v) is 1.54. The number of rotatable bonds is 6. The summed E-state index contributed by atoms with van der Waals surface area (Å²) in [5, 5.41) is 1.51. The Morgan fingerprint density at radius 2 is 2.00 bits per heavy atom. The number of nitrogens with zero attached hydrogens (tertiary/aromatic N) is 1. The highest BCUT2D eigenvalue weighted by atomic mass is 16.7. The van der Waals surface area contributed by atoms with Gasteiger partial charge in [0.25, 0.3) is 0 Å². The first-order valence-corrected chi connectivity index (χ1v) is 5.77. The van der Waals surface area contributed by atoms with Gasteiger partial charge in [-0.15, -0.1) is 5.06 Å². The van der Waals surface area contributed by atoms with Crippen molar-refractivity contribution in [2.24, 2.45) is 0 Å². The number of hydroxylamine groups is 2. The summed E-state index contributed by atoms with van der Waals surface area (Å²) in [5.41, 5.74) is 0.411. The summed E-state index contributed by atoms with van der Waals surface area (Å²) in [4.78, 5) is 28.1. The van der Waals surface area contributed by atoms with Gasteiger partial charge in [-0.25, -0.2) is 4.79 Å². The molecule has 5 heteroatoms. The van der Waals surface area contributed by atoms with Gasteiger partial charge in [-0.1, -0.05) is 6.07 Å². The molecule has 0 aliphatic carbocycles. The smallest absolute Gasteiger partial charge is 0.357 e. The van der Waals surface area contributed by atoms with Crippen molar-refractivity contribution in [3.05, 3.63) is 29.3 Å². The molecule has 0 bridgehead atoms. The Bertz CT molecular complexity index is 427. The Hall–Kier alpha value is -1.88. The van der Waals surface area contributed by atoms with E-state index in [1.807, 2.05) is 13.8 Å². The Kier molecular flexibility index (Phi) is 5.32. The molecule has 5 nitrogen and oxygen atoms in total. The van der Waals surface area contributed by atoms with E-state index in [9.17, 15) is 9.59 Å². The molecule has 0 N–H and O–H groups in total. The normalized spacial score (nSPS) is 10.2. The SMILES string of the molecule is CCN(CC)OC(=O)c1cccc(OC)c1C=O. The van der Waals surface area contributed by atoms with E-state index in [-0.39, 0.29) is 11.1 Å². The zero-order valence-corrected chi connectivity index (χ0v) is 10.8. The minimum absolute atomic E-state index is 0.205. The summed E-state index contributed by atoms with van der Waals surface area (Å²) in [6.45, 7) is 4.93. The lowest BCUT2D eigenvalue weighted by atomic mass is 10.1. The van der Waals surface area contributed by atoms with Crippen molar-refractivity contribution < 1.29 is 19.2 Å². The second-order valence-corrected chi connectivity index (χ2v) is 3.53. The number of benzene rings is 1. The molecule has 0 saturated heterocycles. The molecular formula is C13H17NO4. The topological polar surface area (TPSA) is 55.8 Å². The molecule has 18 heavy (non-hydrogen) atoms. The standard InChI is InChI=1S/C13H17NO4/c1-4-14(5-2)18-13(16)10-7-6-8-12(17-3)11(10)9-15/h6-9H,4-5H2,1-3H3. The molecule has 0 aromatic heterocycles. The molecule has 1 aromatic rings. The highest BCUT2D eigenvalue weighted by molar-refractivity contribution is 5.99. The van der Waals surface area contributed by atoms with E-state index >= 15 is 0 Å². The first kappa shape index (κ1) is 14.2. The van der Waals surface area contributed by atoms with Crippen LogP contribution in [0.15, 0.2) is 18.2 Å². The minimum Gasteiger partial charge on any atom is -0.496 e. The van der Waals surface area contributed by atoms with Crippen molar-refractivity contribution >= 4 is 12.3 Å². The van der Waals surface area contributed by atoms with Gasteiger partial charge in [0.2, 0.25) is 0 Å². The maximum Gasteiger partial charge on any atom is 0.357 e. The summed E-state index contributed by atoms with van der Waals surface area (Å²) < 4.78 is 5.03. The van der Waals surface area contributed by atoms with Crippen LogP contribution >= 0.6 is 0 Å². The van der Waals surface area contributed by atoms with Crippen LogP contribution in [0.3, 0.4) is 0 Å². The second-order valence-electron chi connectivity index (χ2n) is 3.53. The van der Waals surface area contributed by atoms with Gasteiger partial charge in [0.05, 0.1) is 18.2 Å². The highest BCUT2D eigenvalue weighted by Crippen LogP contribution is 2.21. The first-order valence-electron chi connectivity index (χ1n) is 5.77. The van der Waals surface area contributed by atoms with Crippen molar-refractivity contribution in [1.82, 2.24) is 5.06 Å². The van der Waals surface area contributed by atoms with Gasteiger partial charge in [0.1, 0.15) is 5.75 Å². The highest BCUT2D eigenvalue weighted by Gasteiger charge is 2.18. The van der Waals surface area contributed by atoms with Crippen LogP contribution in [-0.4, -0.2) is 37.5 Å². The first-order chi connectivity index (χ1) is 8.67. The molecule has 98 valence electrons. The van der Waals surface area contributed by atoms with Crippen LogP contribution in [0.25, 0.3) is 0 Å². The molecule has 0 saturated carbocycles. The largest absolute Gasteiger partial charge is 0.496 e. The number of hydrogen-bond acceptors (Lipinski definition) is 5. The van der Waals surface area contributed by atoms with Gasteiger partial charge in [0, 0.05) is 13.1 Å². The molecule has 0 atom stereocenters. The summed E-state index contributed by atoms with van der Waals surface area (Å²) in [7, 11) is 1.45. The average Bonchev–Trinajstić information content (AvgIpc) is 2.43. The predicted octanol–water partition coefficient (Wildman–Crippen LogP) is 1.92. The third kappa shape index (κ3) is 3.07. The fourth-order valence-electron chi connectivity index (χ4n) is 1.54. The number of hydrogen-bond donors (Lipinski definition) is 0. The summed E-state index contributed by atoms with van der Waals surface area (Å²) >= 11 is 0. The van der Waals surface area contributed by atoms with Crippen molar-refractivity contribution in [2.45, 2.75) is 13.8 Å². The van der Waals surface area contributed by atoms with E-state index in [1.165, 1.54) is 18.2 Å². The lowest BCUT2D eigenvalue weighted by molar-refractivity contribution is -0.103. The zero-order chi connectivity index (χ0) is 13.5. The summed E-state index contributed by atoms with van der Waals surface area (Å²) in [5.74, 6) is -0.196. The van der Waals surface area contributed by atoms with Crippen LogP contribution < -0.4 is 4.74 Å². The number of methoxy groups -OCH3 is 1. The Morgan fingerprint density at radius 3 is 2.50 bits per heavy atom. The third-order valence-corrected chi connectivity index (χ3v) is 2.54. The minimum atomic E-state index is -0.556. The third-order valence-electron chi connectivity index (χ3n) is 2.54. The van der Waals surface area contributed by atoms with Gasteiger partial charge in [-0.2, -0.15) is 0 Å². The van der Waals surface area contributed by atoms with Crippen LogP contribution in [0.5, 0.6) is 5.75 Å². The van der Waals surface area contributed by atoms with Crippen LogP contribution in [0, 0.1) is 0 Å². The summed E-state index contributed by atoms with van der Waals surface area (Å²) in [6.07, 6.45) is 0.595. The molecule has 0 aliphatic rings. The predicted molar refractivity (Wildman–Crippen MR) is 66.7 cm³/mol. The molecule has 0 aliphatic heterocycles. The van der Waals surface area contributed by atoms with Gasteiger partial charge in [-0.05, 0) is 26.0 Å². The van der Waals surface area contributed by atoms with E-state index in [0.29, 0.717) is 25.1 Å². The fraction of sp³-hybridized carbons (Fsp3) is 0.385. The molecular weight excluding hydrogens is 234 g/mol. The maximum atomic E-state index is 11.9. The van der Waals surface area contributed by atoms with Crippen molar-refractivity contribution in [1.29, 1.82) is 0 Å². The number of carbonyl (C=O) groups is 2. The van der Waals surface area contributed by atoms with Crippen LogP contribution in [0.2, 0.25) is 0 Å². The molecule has 0 fully saturated rings. The van der Waals surface area contributed by atoms with Gasteiger partial charge >= 0.3 is 5.97 Å². The number of aldehydes is 1. The van der Waals surface area contributed by atoms with Gasteiger partial charge < -0.3 is 9.57 Å². The lowest BCUT2D eigenvalue weighted by Gasteiger charge is -2.18. The molecule has 1 rings (SSSR count). The molecule has 0 unspecified atom stereocenters. The number of carbonyl (C=O) groups excluding carboxylic acids is 2. The summed E-state index contributed by atoms with van der Waals surface area (Å²) in [6, 6.07) is 4.81. The van der Waals surface area contributed by atoms with Gasteiger partial charge in [-0.3, -0.25) is 4.79 Å². The second kappa shape index (κ2) is 6.76. The monoisotopic (exact) mass is 251 g/mol. The van der Waals surface area contributed by atoms with E-state index in [1.54, 1.807) is 12.1 Å². The zero-order valence-electron chi connectivity index (χ0n) is 10.8. The van der Waals surface area contributed by atoms with E-state index in [2.05, 4.69) is 0 Å². The maximum absolute atomic E-state index is 11.9. The Balaban J connectivity index is 3.01. The van der Waals surface area contributed by atoms with Crippen LogP contribution in [0.1, 0.15) is 34.6 Å².